The van der Waals surface area contributed by atoms with Crippen molar-refractivity contribution in [3.8, 4) is 0 Å². The van der Waals surface area contributed by atoms with E-state index in [1.807, 2.05) is 31.2 Å². The third-order valence-corrected chi connectivity index (χ3v) is 4.16. The van der Waals surface area contributed by atoms with Crippen molar-refractivity contribution in [3.63, 3.8) is 0 Å². The molecule has 23 heavy (non-hydrogen) atoms. The van der Waals surface area contributed by atoms with E-state index in [4.69, 9.17) is 0 Å². The molecule has 120 valence electrons. The molecule has 1 aromatic carbocycles. The lowest BCUT2D eigenvalue weighted by Gasteiger charge is -2.31. The Morgan fingerprint density at radius 1 is 1.22 bits per heavy atom. The fourth-order valence-electron chi connectivity index (χ4n) is 2.83. The number of amides is 1. The second-order valence-corrected chi connectivity index (χ2v) is 6.27. The molecule has 0 saturated carbocycles. The van der Waals surface area contributed by atoms with Crippen LogP contribution in [0, 0.1) is 12.8 Å². The summed E-state index contributed by atoms with van der Waals surface area (Å²) in [6.07, 6.45) is 5.69. The van der Waals surface area contributed by atoms with Gasteiger partial charge < -0.3 is 10.2 Å². The Bertz CT molecular complexity index is 666. The van der Waals surface area contributed by atoms with E-state index in [0.29, 0.717) is 11.6 Å². The first-order chi connectivity index (χ1) is 11.1. The van der Waals surface area contributed by atoms with Crippen molar-refractivity contribution in [2.24, 2.45) is 5.92 Å². The summed E-state index contributed by atoms with van der Waals surface area (Å²) in [6, 6.07) is 7.68. The van der Waals surface area contributed by atoms with Crippen molar-refractivity contribution < 1.29 is 4.79 Å². The zero-order valence-corrected chi connectivity index (χ0v) is 13.6. The van der Waals surface area contributed by atoms with Crippen LogP contribution in [0.1, 0.15) is 35.8 Å². The molecule has 1 N–H and O–H groups in total. The Morgan fingerprint density at radius 2 is 2.00 bits per heavy atom. The number of benzene rings is 1. The number of aromatic nitrogens is 2. The fraction of sp³-hybridized carbons (Fsp3) is 0.389. The maximum absolute atomic E-state index is 12.2. The van der Waals surface area contributed by atoms with Crippen LogP contribution in [0.2, 0.25) is 0 Å². The highest BCUT2D eigenvalue weighted by atomic mass is 16.1. The summed E-state index contributed by atoms with van der Waals surface area (Å²) < 4.78 is 0. The predicted molar refractivity (Wildman–Crippen MR) is 91.8 cm³/mol. The first kappa shape index (κ1) is 15.5. The molecule has 1 unspecified atom stereocenters. The summed E-state index contributed by atoms with van der Waals surface area (Å²) in [7, 11) is 0. The minimum absolute atomic E-state index is 0.236. The van der Waals surface area contributed by atoms with E-state index >= 15 is 0 Å². The zero-order chi connectivity index (χ0) is 16.2. The lowest BCUT2D eigenvalue weighted by molar-refractivity contribution is 0.102. The van der Waals surface area contributed by atoms with Gasteiger partial charge in [0.25, 0.3) is 5.91 Å². The number of hydrogen-bond donors (Lipinski definition) is 1. The Hall–Kier alpha value is -2.43. The first-order valence-corrected chi connectivity index (χ1v) is 8.07. The zero-order valence-electron chi connectivity index (χ0n) is 13.6. The van der Waals surface area contributed by atoms with Crippen LogP contribution in [-0.4, -0.2) is 29.0 Å². The monoisotopic (exact) mass is 310 g/mol. The van der Waals surface area contributed by atoms with Gasteiger partial charge in [0, 0.05) is 18.8 Å². The van der Waals surface area contributed by atoms with Crippen molar-refractivity contribution in [2.75, 3.05) is 23.3 Å². The molecule has 1 atom stereocenters. The molecule has 1 aromatic heterocycles. The van der Waals surface area contributed by atoms with Gasteiger partial charge in [0.1, 0.15) is 11.5 Å². The average Bonchev–Trinajstić information content (AvgIpc) is 2.57. The summed E-state index contributed by atoms with van der Waals surface area (Å²) in [5.41, 5.74) is 2.25. The molecule has 1 fully saturated rings. The second-order valence-electron chi connectivity index (χ2n) is 6.27. The van der Waals surface area contributed by atoms with Crippen molar-refractivity contribution in [3.05, 3.63) is 47.9 Å². The number of carbonyl (C=O) groups is 1. The van der Waals surface area contributed by atoms with Crippen LogP contribution in [-0.2, 0) is 0 Å². The number of nitrogens with zero attached hydrogens (tertiary/aromatic N) is 3. The standard InChI is InChI=1S/C18H22N4O/c1-13-5-7-15(8-6-13)21-18(23)16-10-20-17(11-19-16)22-9-3-4-14(2)12-22/h5-8,10-11,14H,3-4,9,12H2,1-2H3,(H,21,23). The van der Waals surface area contributed by atoms with Gasteiger partial charge >= 0.3 is 0 Å². The Labute approximate surface area is 136 Å². The van der Waals surface area contributed by atoms with Crippen LogP contribution in [0.4, 0.5) is 11.5 Å². The van der Waals surface area contributed by atoms with Crippen LogP contribution >= 0.6 is 0 Å². The number of rotatable bonds is 3. The second kappa shape index (κ2) is 6.77. The number of anilines is 2. The molecule has 1 aliphatic heterocycles. The highest BCUT2D eigenvalue weighted by molar-refractivity contribution is 6.02. The molecule has 1 amide bonds. The van der Waals surface area contributed by atoms with E-state index in [2.05, 4.69) is 27.1 Å². The normalized spacial score (nSPS) is 17.8. The summed E-state index contributed by atoms with van der Waals surface area (Å²) in [5.74, 6) is 1.29. The van der Waals surface area contributed by atoms with Crippen molar-refractivity contribution in [1.29, 1.82) is 0 Å². The van der Waals surface area contributed by atoms with Crippen LogP contribution < -0.4 is 10.2 Å². The summed E-state index contributed by atoms with van der Waals surface area (Å²) in [6.45, 7) is 6.28. The molecule has 0 spiro atoms. The lowest BCUT2D eigenvalue weighted by atomic mass is 10.0. The molecular weight excluding hydrogens is 288 g/mol. The molecule has 0 radical (unpaired) electrons. The van der Waals surface area contributed by atoms with Crippen molar-refractivity contribution >= 4 is 17.4 Å². The van der Waals surface area contributed by atoms with Gasteiger partial charge in [-0.15, -0.1) is 0 Å². The quantitative estimate of drug-likeness (QED) is 0.945. The van der Waals surface area contributed by atoms with E-state index < -0.39 is 0 Å². The SMILES string of the molecule is Cc1ccc(NC(=O)c2cnc(N3CCCC(C)C3)cn2)cc1. The van der Waals surface area contributed by atoms with Gasteiger partial charge in [0.15, 0.2) is 0 Å². The van der Waals surface area contributed by atoms with E-state index in [-0.39, 0.29) is 5.91 Å². The molecule has 5 nitrogen and oxygen atoms in total. The van der Waals surface area contributed by atoms with Gasteiger partial charge in [-0.2, -0.15) is 0 Å². The van der Waals surface area contributed by atoms with Crippen LogP contribution in [0.3, 0.4) is 0 Å². The highest BCUT2D eigenvalue weighted by Gasteiger charge is 2.18. The fourth-order valence-corrected chi connectivity index (χ4v) is 2.83. The Balaban J connectivity index is 1.66. The molecule has 5 heteroatoms. The first-order valence-electron chi connectivity index (χ1n) is 8.07. The smallest absolute Gasteiger partial charge is 0.275 e. The molecular formula is C18H22N4O. The Morgan fingerprint density at radius 3 is 2.65 bits per heavy atom. The number of nitrogens with one attached hydrogen (secondary N) is 1. The molecule has 2 heterocycles. The average molecular weight is 310 g/mol. The summed E-state index contributed by atoms with van der Waals surface area (Å²) in [5, 5.41) is 2.84. The number of aryl methyl sites for hydroxylation is 1. The van der Waals surface area contributed by atoms with Crippen LogP contribution in [0.25, 0.3) is 0 Å². The third kappa shape index (κ3) is 3.86. The predicted octanol–water partition coefficient (Wildman–Crippen LogP) is 3.27. The van der Waals surface area contributed by atoms with Gasteiger partial charge in [-0.3, -0.25) is 4.79 Å². The van der Waals surface area contributed by atoms with Gasteiger partial charge in [0.2, 0.25) is 0 Å². The largest absolute Gasteiger partial charge is 0.355 e. The maximum atomic E-state index is 12.2. The molecule has 0 bridgehead atoms. The topological polar surface area (TPSA) is 58.1 Å². The minimum Gasteiger partial charge on any atom is -0.355 e. The molecule has 1 saturated heterocycles. The third-order valence-electron chi connectivity index (χ3n) is 4.16. The Kier molecular flexibility index (Phi) is 4.55. The van der Waals surface area contributed by atoms with Crippen LogP contribution in [0.15, 0.2) is 36.7 Å². The van der Waals surface area contributed by atoms with E-state index in [0.717, 1.165) is 30.2 Å². The van der Waals surface area contributed by atoms with Crippen molar-refractivity contribution in [1.82, 2.24) is 9.97 Å². The molecule has 1 aliphatic rings. The van der Waals surface area contributed by atoms with Crippen LogP contribution in [0.5, 0.6) is 0 Å². The highest BCUT2D eigenvalue weighted by Crippen LogP contribution is 2.20. The molecule has 0 aliphatic carbocycles. The summed E-state index contributed by atoms with van der Waals surface area (Å²) >= 11 is 0. The van der Waals surface area contributed by atoms with Gasteiger partial charge in [-0.05, 0) is 37.8 Å². The number of hydrogen-bond acceptors (Lipinski definition) is 4. The number of piperidine rings is 1. The minimum atomic E-state index is -0.236. The summed E-state index contributed by atoms with van der Waals surface area (Å²) in [4.78, 5) is 23.1. The molecule has 3 rings (SSSR count). The van der Waals surface area contributed by atoms with E-state index in [1.165, 1.54) is 12.8 Å². The number of carbonyl (C=O) groups excluding carboxylic acids is 1. The van der Waals surface area contributed by atoms with Crippen molar-refractivity contribution in [2.45, 2.75) is 26.7 Å². The lowest BCUT2D eigenvalue weighted by Crippen LogP contribution is -2.35. The van der Waals surface area contributed by atoms with E-state index in [9.17, 15) is 4.79 Å². The van der Waals surface area contributed by atoms with Gasteiger partial charge in [0.05, 0.1) is 12.4 Å². The maximum Gasteiger partial charge on any atom is 0.275 e. The van der Waals surface area contributed by atoms with Gasteiger partial charge in [-0.1, -0.05) is 24.6 Å². The van der Waals surface area contributed by atoms with Gasteiger partial charge in [-0.25, -0.2) is 9.97 Å². The van der Waals surface area contributed by atoms with E-state index in [1.54, 1.807) is 12.4 Å². The molecule has 2 aromatic rings.